The van der Waals surface area contributed by atoms with E-state index in [1.807, 2.05) is 91.1 Å². The van der Waals surface area contributed by atoms with Gasteiger partial charge in [-0.1, -0.05) is 78.9 Å². The van der Waals surface area contributed by atoms with E-state index in [1.165, 1.54) is 0 Å². The fraction of sp³-hybridized carbons (Fsp3) is 0.185. The van der Waals surface area contributed by atoms with Crippen molar-refractivity contribution in [2.24, 2.45) is 0 Å². The molecule has 2 heterocycles. The summed E-state index contributed by atoms with van der Waals surface area (Å²) in [6, 6.07) is 27.0. The van der Waals surface area contributed by atoms with Gasteiger partial charge in [0.05, 0.1) is 5.52 Å². The monoisotopic (exact) mass is 424 g/mol. The second-order valence-corrected chi connectivity index (χ2v) is 8.03. The maximum atomic E-state index is 13.6. The summed E-state index contributed by atoms with van der Waals surface area (Å²) in [5.74, 6) is -0.0995. The van der Waals surface area contributed by atoms with E-state index in [-0.39, 0.29) is 12.5 Å². The van der Waals surface area contributed by atoms with Gasteiger partial charge in [-0.15, -0.1) is 0 Å². The summed E-state index contributed by atoms with van der Waals surface area (Å²) in [6.07, 6.45) is 2.87. The predicted octanol–water partition coefficient (Wildman–Crippen LogP) is 5.75. The fourth-order valence-corrected chi connectivity index (χ4v) is 4.41. The minimum absolute atomic E-state index is 0.0995. The Bertz CT molecular complexity index is 1250. The molecule has 0 aliphatic carbocycles. The van der Waals surface area contributed by atoms with Crippen molar-refractivity contribution in [3.8, 4) is 11.1 Å². The lowest BCUT2D eigenvalue weighted by Gasteiger charge is -2.23. The molecular weight excluding hydrogens is 400 g/mol. The average Bonchev–Trinajstić information content (AvgIpc) is 3.49. The molecule has 0 saturated carbocycles. The molecule has 5 heteroatoms. The van der Waals surface area contributed by atoms with Gasteiger partial charge in [-0.3, -0.25) is 14.3 Å². The van der Waals surface area contributed by atoms with Crippen LogP contribution in [-0.2, 0) is 11.3 Å². The molecule has 0 N–H and O–H groups in total. The van der Waals surface area contributed by atoms with Crippen LogP contribution in [0, 0.1) is 0 Å². The minimum Gasteiger partial charge on any atom is -0.445 e. The summed E-state index contributed by atoms with van der Waals surface area (Å²) in [4.78, 5) is 28.0. The highest BCUT2D eigenvalue weighted by Gasteiger charge is 2.36. The molecule has 1 amide bonds. The Balaban J connectivity index is 1.41. The molecule has 32 heavy (non-hydrogen) atoms. The first kappa shape index (κ1) is 20.1. The van der Waals surface area contributed by atoms with Crippen molar-refractivity contribution < 1.29 is 14.3 Å². The normalized spacial score (nSPS) is 15.8. The van der Waals surface area contributed by atoms with Crippen molar-refractivity contribution in [1.29, 1.82) is 0 Å². The highest BCUT2D eigenvalue weighted by molar-refractivity contribution is 6.03. The van der Waals surface area contributed by atoms with Gasteiger partial charge < -0.3 is 4.74 Å². The van der Waals surface area contributed by atoms with Crippen molar-refractivity contribution in [2.75, 3.05) is 6.54 Å². The van der Waals surface area contributed by atoms with Crippen molar-refractivity contribution >= 4 is 22.9 Å². The smallest absolute Gasteiger partial charge is 0.410 e. The van der Waals surface area contributed by atoms with Gasteiger partial charge >= 0.3 is 6.09 Å². The van der Waals surface area contributed by atoms with Gasteiger partial charge in [-0.25, -0.2) is 4.79 Å². The molecular formula is C27H24N2O3. The number of aromatic nitrogens is 1. The standard InChI is InChI=1S/C27H24N2O3/c30-26(25-16-9-17-28(25)27(31)32-19-20-10-3-1-4-11-20)29-18-23(21-12-5-2-6-13-21)22-14-7-8-15-24(22)29/h1-8,10-15,18,25H,9,16-17,19H2/t25-/m1/s1. The summed E-state index contributed by atoms with van der Waals surface area (Å²) in [5.41, 5.74) is 3.83. The number of hydrogen-bond acceptors (Lipinski definition) is 3. The molecule has 4 aromatic rings. The first-order chi connectivity index (χ1) is 15.7. The molecule has 1 fully saturated rings. The Labute approximate surface area is 186 Å². The highest BCUT2D eigenvalue weighted by Crippen LogP contribution is 2.32. The van der Waals surface area contributed by atoms with Crippen molar-refractivity contribution in [1.82, 2.24) is 9.47 Å². The molecule has 1 saturated heterocycles. The average molecular weight is 425 g/mol. The van der Waals surface area contributed by atoms with E-state index in [0.29, 0.717) is 13.0 Å². The molecule has 0 unspecified atom stereocenters. The molecule has 5 rings (SSSR count). The largest absolute Gasteiger partial charge is 0.445 e. The van der Waals surface area contributed by atoms with E-state index in [0.717, 1.165) is 34.0 Å². The number of nitrogens with zero attached hydrogens (tertiary/aromatic N) is 2. The van der Waals surface area contributed by atoms with Crippen molar-refractivity contribution in [3.63, 3.8) is 0 Å². The van der Waals surface area contributed by atoms with Crippen LogP contribution in [-0.4, -0.2) is 34.1 Å². The van der Waals surface area contributed by atoms with Crippen LogP contribution in [0.25, 0.3) is 22.0 Å². The van der Waals surface area contributed by atoms with Gasteiger partial charge in [0, 0.05) is 23.7 Å². The van der Waals surface area contributed by atoms with Crippen LogP contribution < -0.4 is 0 Å². The SMILES string of the molecule is O=C(OCc1ccccc1)N1CCC[C@@H]1C(=O)n1cc(-c2ccccc2)c2ccccc21. The number of hydrogen-bond donors (Lipinski definition) is 0. The van der Waals surface area contributed by atoms with Crippen LogP contribution in [0.2, 0.25) is 0 Å². The van der Waals surface area contributed by atoms with E-state index < -0.39 is 12.1 Å². The van der Waals surface area contributed by atoms with E-state index in [2.05, 4.69) is 0 Å². The van der Waals surface area contributed by atoms with Gasteiger partial charge in [-0.05, 0) is 30.0 Å². The van der Waals surface area contributed by atoms with Gasteiger partial charge in [0.15, 0.2) is 0 Å². The molecule has 3 aromatic carbocycles. The molecule has 160 valence electrons. The molecule has 1 atom stereocenters. The fourth-order valence-electron chi connectivity index (χ4n) is 4.41. The van der Waals surface area contributed by atoms with Crippen LogP contribution in [0.5, 0.6) is 0 Å². The quantitative estimate of drug-likeness (QED) is 0.419. The van der Waals surface area contributed by atoms with E-state index in [1.54, 1.807) is 9.47 Å². The second kappa shape index (κ2) is 8.71. The lowest BCUT2D eigenvalue weighted by atomic mass is 10.1. The topological polar surface area (TPSA) is 51.5 Å². The highest BCUT2D eigenvalue weighted by atomic mass is 16.6. The van der Waals surface area contributed by atoms with Gasteiger partial charge in [0.2, 0.25) is 0 Å². The van der Waals surface area contributed by atoms with Crippen molar-refractivity contribution in [2.45, 2.75) is 25.5 Å². The van der Waals surface area contributed by atoms with Crippen LogP contribution >= 0.6 is 0 Å². The van der Waals surface area contributed by atoms with E-state index in [4.69, 9.17) is 4.74 Å². The Morgan fingerprint density at radius 2 is 1.56 bits per heavy atom. The number of ether oxygens (including phenoxy) is 1. The molecule has 0 radical (unpaired) electrons. The molecule has 1 aromatic heterocycles. The summed E-state index contributed by atoms with van der Waals surface area (Å²) in [5, 5.41) is 1.02. The molecule has 5 nitrogen and oxygen atoms in total. The summed E-state index contributed by atoms with van der Waals surface area (Å²) < 4.78 is 7.22. The van der Waals surface area contributed by atoms with Gasteiger partial charge in [0.25, 0.3) is 5.91 Å². The Morgan fingerprint density at radius 3 is 2.34 bits per heavy atom. The molecule has 1 aliphatic heterocycles. The zero-order valence-electron chi connectivity index (χ0n) is 17.7. The second-order valence-electron chi connectivity index (χ2n) is 8.03. The molecule has 0 bridgehead atoms. The Hall–Kier alpha value is -3.86. The number of benzene rings is 3. The third-order valence-electron chi connectivity index (χ3n) is 6.01. The van der Waals surface area contributed by atoms with Crippen LogP contribution in [0.4, 0.5) is 4.79 Å². The summed E-state index contributed by atoms with van der Waals surface area (Å²) in [6.45, 7) is 0.719. The lowest BCUT2D eigenvalue weighted by molar-refractivity contribution is 0.0679. The maximum Gasteiger partial charge on any atom is 0.410 e. The number of amides is 1. The van der Waals surface area contributed by atoms with Crippen LogP contribution in [0.1, 0.15) is 23.2 Å². The number of para-hydroxylation sites is 1. The van der Waals surface area contributed by atoms with E-state index in [9.17, 15) is 9.59 Å². The van der Waals surface area contributed by atoms with Gasteiger partial charge in [-0.2, -0.15) is 0 Å². The summed E-state index contributed by atoms with van der Waals surface area (Å²) >= 11 is 0. The first-order valence-electron chi connectivity index (χ1n) is 10.9. The lowest BCUT2D eigenvalue weighted by Crippen LogP contribution is -2.42. The Morgan fingerprint density at radius 1 is 0.875 bits per heavy atom. The zero-order valence-corrected chi connectivity index (χ0v) is 17.7. The number of carbonyl (C=O) groups excluding carboxylic acids is 2. The Kier molecular flexibility index (Phi) is 5.46. The number of rotatable bonds is 4. The van der Waals surface area contributed by atoms with Crippen molar-refractivity contribution in [3.05, 3.63) is 96.7 Å². The van der Waals surface area contributed by atoms with Gasteiger partial charge in [0.1, 0.15) is 12.6 Å². The zero-order chi connectivity index (χ0) is 21.9. The predicted molar refractivity (Wildman–Crippen MR) is 124 cm³/mol. The number of carbonyl (C=O) groups is 2. The number of likely N-dealkylation sites (tertiary alicyclic amines) is 1. The van der Waals surface area contributed by atoms with E-state index >= 15 is 0 Å². The third-order valence-corrected chi connectivity index (χ3v) is 6.01. The number of fused-ring (bicyclic) bond motifs is 1. The van der Waals surface area contributed by atoms with Crippen LogP contribution in [0.15, 0.2) is 91.1 Å². The third kappa shape index (κ3) is 3.78. The van der Waals surface area contributed by atoms with Crippen LogP contribution in [0.3, 0.4) is 0 Å². The molecule has 1 aliphatic rings. The summed E-state index contributed by atoms with van der Waals surface area (Å²) in [7, 11) is 0. The maximum absolute atomic E-state index is 13.6. The first-order valence-corrected chi connectivity index (χ1v) is 10.9. The molecule has 0 spiro atoms. The minimum atomic E-state index is -0.530.